The summed E-state index contributed by atoms with van der Waals surface area (Å²) < 4.78 is 2.02. The zero-order chi connectivity index (χ0) is 12.8. The van der Waals surface area contributed by atoms with Gasteiger partial charge < -0.3 is 5.32 Å². The second-order valence-corrected chi connectivity index (χ2v) is 4.55. The highest BCUT2D eigenvalue weighted by Crippen LogP contribution is 2.11. The van der Waals surface area contributed by atoms with Gasteiger partial charge in [0.25, 0.3) is 0 Å². The summed E-state index contributed by atoms with van der Waals surface area (Å²) >= 11 is 0. The maximum atomic E-state index is 4.41. The van der Waals surface area contributed by atoms with Crippen LogP contribution in [0.3, 0.4) is 0 Å². The Morgan fingerprint density at radius 3 is 2.78 bits per heavy atom. The van der Waals surface area contributed by atoms with Gasteiger partial charge in [0.05, 0.1) is 6.20 Å². The predicted octanol–water partition coefficient (Wildman–Crippen LogP) is 2.80. The van der Waals surface area contributed by atoms with E-state index < -0.39 is 0 Å². The molecule has 2 aromatic rings. The minimum atomic E-state index is 0.375. The minimum Gasteiger partial charge on any atom is -0.310 e. The van der Waals surface area contributed by atoms with Crippen molar-refractivity contribution in [1.29, 1.82) is 0 Å². The number of nitrogens with one attached hydrogen (secondary N) is 1. The second kappa shape index (κ2) is 6.36. The van der Waals surface area contributed by atoms with Crippen LogP contribution < -0.4 is 5.32 Å². The van der Waals surface area contributed by atoms with Crippen molar-refractivity contribution in [2.75, 3.05) is 6.54 Å². The molecule has 1 unspecified atom stereocenters. The molecule has 0 saturated carbocycles. The standard InChI is InChI=1S/C15H21N3/c1-3-16-13(2)15-11-17-18(12-15)10-9-14-7-5-4-6-8-14/h4-8,11-13,16H,3,9-10H2,1-2H3. The van der Waals surface area contributed by atoms with Gasteiger partial charge in [0.2, 0.25) is 0 Å². The average molecular weight is 243 g/mol. The normalized spacial score (nSPS) is 12.6. The van der Waals surface area contributed by atoms with Crippen molar-refractivity contribution in [2.24, 2.45) is 0 Å². The van der Waals surface area contributed by atoms with Gasteiger partial charge in [-0.2, -0.15) is 5.10 Å². The molecule has 96 valence electrons. The molecule has 3 heteroatoms. The maximum absolute atomic E-state index is 4.41. The van der Waals surface area contributed by atoms with Gasteiger partial charge in [0.15, 0.2) is 0 Å². The molecule has 0 radical (unpaired) electrons. The maximum Gasteiger partial charge on any atom is 0.0537 e. The van der Waals surface area contributed by atoms with E-state index in [9.17, 15) is 0 Å². The van der Waals surface area contributed by atoms with Crippen molar-refractivity contribution < 1.29 is 0 Å². The third-order valence-corrected chi connectivity index (χ3v) is 3.14. The smallest absolute Gasteiger partial charge is 0.0537 e. The van der Waals surface area contributed by atoms with E-state index in [0.717, 1.165) is 19.5 Å². The van der Waals surface area contributed by atoms with E-state index in [2.05, 4.69) is 54.7 Å². The van der Waals surface area contributed by atoms with Crippen LogP contribution in [-0.4, -0.2) is 16.3 Å². The Balaban J connectivity index is 1.91. The summed E-state index contributed by atoms with van der Waals surface area (Å²) in [6.45, 7) is 6.21. The number of hydrogen-bond acceptors (Lipinski definition) is 2. The molecule has 18 heavy (non-hydrogen) atoms. The zero-order valence-corrected chi connectivity index (χ0v) is 11.1. The summed E-state index contributed by atoms with van der Waals surface area (Å²) in [4.78, 5) is 0. The molecule has 0 aliphatic rings. The van der Waals surface area contributed by atoms with Gasteiger partial charge >= 0.3 is 0 Å². The summed E-state index contributed by atoms with van der Waals surface area (Å²) in [5.74, 6) is 0. The number of rotatable bonds is 6. The van der Waals surface area contributed by atoms with Gasteiger partial charge in [-0.3, -0.25) is 4.68 Å². The van der Waals surface area contributed by atoms with Crippen LogP contribution in [0.15, 0.2) is 42.7 Å². The quantitative estimate of drug-likeness (QED) is 0.845. The minimum absolute atomic E-state index is 0.375. The van der Waals surface area contributed by atoms with Crippen LogP contribution in [-0.2, 0) is 13.0 Å². The average Bonchev–Trinajstić information content (AvgIpc) is 2.87. The highest BCUT2D eigenvalue weighted by molar-refractivity contribution is 5.15. The molecule has 0 saturated heterocycles. The predicted molar refractivity (Wildman–Crippen MR) is 74.5 cm³/mol. The molecule has 1 atom stereocenters. The van der Waals surface area contributed by atoms with E-state index >= 15 is 0 Å². The van der Waals surface area contributed by atoms with E-state index in [0.29, 0.717) is 6.04 Å². The molecular weight excluding hydrogens is 222 g/mol. The number of nitrogens with zero attached hydrogens (tertiary/aromatic N) is 2. The monoisotopic (exact) mass is 243 g/mol. The highest BCUT2D eigenvalue weighted by atomic mass is 15.3. The van der Waals surface area contributed by atoms with E-state index in [1.807, 2.05) is 16.9 Å². The van der Waals surface area contributed by atoms with Crippen LogP contribution in [0, 0.1) is 0 Å². The van der Waals surface area contributed by atoms with E-state index in [1.165, 1.54) is 11.1 Å². The fourth-order valence-corrected chi connectivity index (χ4v) is 2.04. The summed E-state index contributed by atoms with van der Waals surface area (Å²) in [5, 5.41) is 7.81. The van der Waals surface area contributed by atoms with Gasteiger partial charge in [0.1, 0.15) is 0 Å². The van der Waals surface area contributed by atoms with Gasteiger partial charge in [-0.05, 0) is 25.5 Å². The molecular formula is C15H21N3. The zero-order valence-electron chi connectivity index (χ0n) is 11.1. The molecule has 3 nitrogen and oxygen atoms in total. The van der Waals surface area contributed by atoms with Gasteiger partial charge in [-0.1, -0.05) is 37.3 Å². The Kier molecular flexibility index (Phi) is 4.53. The Morgan fingerprint density at radius 1 is 1.28 bits per heavy atom. The molecule has 0 amide bonds. The van der Waals surface area contributed by atoms with Crippen molar-refractivity contribution in [1.82, 2.24) is 15.1 Å². The molecule has 2 rings (SSSR count). The molecule has 0 bridgehead atoms. The Hall–Kier alpha value is -1.61. The van der Waals surface area contributed by atoms with E-state index in [4.69, 9.17) is 0 Å². The second-order valence-electron chi connectivity index (χ2n) is 4.55. The molecule has 1 heterocycles. The lowest BCUT2D eigenvalue weighted by atomic mass is 10.1. The SMILES string of the molecule is CCNC(C)c1cnn(CCc2ccccc2)c1. The number of aromatic nitrogens is 2. The van der Waals surface area contributed by atoms with Crippen molar-refractivity contribution in [3.8, 4) is 0 Å². The van der Waals surface area contributed by atoms with Crippen LogP contribution in [0.4, 0.5) is 0 Å². The van der Waals surface area contributed by atoms with Crippen LogP contribution in [0.5, 0.6) is 0 Å². The van der Waals surface area contributed by atoms with Crippen LogP contribution in [0.1, 0.15) is 31.0 Å². The van der Waals surface area contributed by atoms with Crippen molar-refractivity contribution in [3.63, 3.8) is 0 Å². The first kappa shape index (κ1) is 12.8. The lowest BCUT2D eigenvalue weighted by Gasteiger charge is -2.08. The summed E-state index contributed by atoms with van der Waals surface area (Å²) in [6, 6.07) is 10.9. The van der Waals surface area contributed by atoms with Crippen molar-refractivity contribution >= 4 is 0 Å². The highest BCUT2D eigenvalue weighted by Gasteiger charge is 2.06. The fourth-order valence-electron chi connectivity index (χ4n) is 2.04. The Labute approximate surface area is 109 Å². The summed E-state index contributed by atoms with van der Waals surface area (Å²) in [6.07, 6.45) is 5.12. The number of aryl methyl sites for hydroxylation is 2. The lowest BCUT2D eigenvalue weighted by Crippen LogP contribution is -2.17. The molecule has 1 aromatic heterocycles. The van der Waals surface area contributed by atoms with Gasteiger partial charge in [0, 0.05) is 24.3 Å². The molecule has 0 fully saturated rings. The Bertz CT molecular complexity index is 462. The van der Waals surface area contributed by atoms with E-state index in [-0.39, 0.29) is 0 Å². The van der Waals surface area contributed by atoms with Crippen molar-refractivity contribution in [3.05, 3.63) is 53.9 Å². The Morgan fingerprint density at radius 2 is 2.06 bits per heavy atom. The first-order chi connectivity index (χ1) is 8.79. The lowest BCUT2D eigenvalue weighted by molar-refractivity contribution is 0.590. The van der Waals surface area contributed by atoms with Crippen molar-refractivity contribution in [2.45, 2.75) is 32.9 Å². The number of hydrogen-bond donors (Lipinski definition) is 1. The molecule has 0 aliphatic heterocycles. The molecule has 0 aliphatic carbocycles. The molecule has 0 spiro atoms. The fraction of sp³-hybridized carbons (Fsp3) is 0.400. The van der Waals surface area contributed by atoms with Crippen LogP contribution >= 0.6 is 0 Å². The molecule has 1 aromatic carbocycles. The van der Waals surface area contributed by atoms with E-state index in [1.54, 1.807) is 0 Å². The first-order valence-electron chi connectivity index (χ1n) is 6.59. The summed E-state index contributed by atoms with van der Waals surface area (Å²) in [5.41, 5.74) is 2.61. The third kappa shape index (κ3) is 3.44. The summed E-state index contributed by atoms with van der Waals surface area (Å²) in [7, 11) is 0. The topological polar surface area (TPSA) is 29.9 Å². The third-order valence-electron chi connectivity index (χ3n) is 3.14. The largest absolute Gasteiger partial charge is 0.310 e. The molecule has 1 N–H and O–H groups in total. The number of benzene rings is 1. The van der Waals surface area contributed by atoms with Gasteiger partial charge in [-0.15, -0.1) is 0 Å². The first-order valence-corrected chi connectivity index (χ1v) is 6.59. The van der Waals surface area contributed by atoms with Crippen LogP contribution in [0.25, 0.3) is 0 Å². The van der Waals surface area contributed by atoms with Crippen LogP contribution in [0.2, 0.25) is 0 Å². The van der Waals surface area contributed by atoms with Gasteiger partial charge in [-0.25, -0.2) is 0 Å².